The molecular weight excluding hydrogens is 235 g/mol. The van der Waals surface area contributed by atoms with Crippen LogP contribution in [0.5, 0.6) is 0 Å². The third kappa shape index (κ3) is 2.10. The van der Waals surface area contributed by atoms with Crippen molar-refractivity contribution in [1.29, 1.82) is 0 Å². The first kappa shape index (κ1) is 10.9. The molecule has 0 radical (unpaired) electrons. The average Bonchev–Trinajstić information content (AvgIpc) is 3.00. The summed E-state index contributed by atoms with van der Waals surface area (Å²) >= 11 is 1.51. The standard InChI is InChI=1S/C13H13FN2S/c14-10-5-2-1-4-9(10)13-16-12(8-17-13)11-6-3-7-15-11/h1-2,4-5,8,11,15H,3,6-7H2. The molecule has 3 rings (SSSR count). The number of hydrogen-bond acceptors (Lipinski definition) is 3. The number of thiazole rings is 1. The maximum Gasteiger partial charge on any atom is 0.133 e. The average molecular weight is 248 g/mol. The minimum absolute atomic E-state index is 0.201. The Kier molecular flexibility index (Phi) is 2.91. The molecule has 0 amide bonds. The molecule has 17 heavy (non-hydrogen) atoms. The highest BCUT2D eigenvalue weighted by atomic mass is 32.1. The van der Waals surface area contributed by atoms with Crippen LogP contribution in [0.25, 0.3) is 10.6 Å². The fourth-order valence-electron chi connectivity index (χ4n) is 2.14. The molecule has 0 bridgehead atoms. The zero-order chi connectivity index (χ0) is 11.7. The maximum atomic E-state index is 13.6. The van der Waals surface area contributed by atoms with Gasteiger partial charge in [0, 0.05) is 10.9 Å². The molecule has 1 N–H and O–H groups in total. The SMILES string of the molecule is Fc1ccccc1-c1nc(C2CCCN2)cs1. The van der Waals surface area contributed by atoms with E-state index >= 15 is 0 Å². The van der Waals surface area contributed by atoms with Gasteiger partial charge in [0.25, 0.3) is 0 Å². The first-order chi connectivity index (χ1) is 8.34. The van der Waals surface area contributed by atoms with Gasteiger partial charge in [-0.2, -0.15) is 0 Å². The van der Waals surface area contributed by atoms with Crippen LogP contribution in [0.15, 0.2) is 29.6 Å². The highest BCUT2D eigenvalue weighted by Gasteiger charge is 2.19. The molecule has 2 nitrogen and oxygen atoms in total. The Balaban J connectivity index is 1.92. The third-order valence-corrected chi connectivity index (χ3v) is 3.94. The van der Waals surface area contributed by atoms with Crippen LogP contribution in [0, 0.1) is 5.82 Å². The Labute approximate surface area is 104 Å². The number of benzene rings is 1. The number of rotatable bonds is 2. The molecule has 2 aromatic rings. The van der Waals surface area contributed by atoms with Crippen LogP contribution in [-0.2, 0) is 0 Å². The van der Waals surface area contributed by atoms with E-state index in [0.717, 1.165) is 23.7 Å². The van der Waals surface area contributed by atoms with E-state index in [4.69, 9.17) is 0 Å². The number of hydrogen-bond donors (Lipinski definition) is 1. The molecule has 0 aliphatic carbocycles. The van der Waals surface area contributed by atoms with Gasteiger partial charge in [-0.1, -0.05) is 12.1 Å². The fourth-order valence-corrected chi connectivity index (χ4v) is 3.04. The molecular formula is C13H13FN2S. The van der Waals surface area contributed by atoms with Gasteiger partial charge in [0.2, 0.25) is 0 Å². The molecule has 4 heteroatoms. The quantitative estimate of drug-likeness (QED) is 0.881. The van der Waals surface area contributed by atoms with Crippen molar-refractivity contribution in [2.75, 3.05) is 6.54 Å². The summed E-state index contributed by atoms with van der Waals surface area (Å²) in [6, 6.07) is 7.15. The van der Waals surface area contributed by atoms with Gasteiger partial charge in [-0.15, -0.1) is 11.3 Å². The van der Waals surface area contributed by atoms with Crippen LogP contribution in [0.3, 0.4) is 0 Å². The lowest BCUT2D eigenvalue weighted by Crippen LogP contribution is -2.12. The van der Waals surface area contributed by atoms with Crippen molar-refractivity contribution in [3.05, 3.63) is 41.2 Å². The molecule has 1 saturated heterocycles. The normalized spacial score (nSPS) is 19.7. The van der Waals surface area contributed by atoms with Gasteiger partial charge in [-0.25, -0.2) is 9.37 Å². The molecule has 1 aliphatic heterocycles. The Morgan fingerprint density at radius 3 is 3.00 bits per heavy atom. The number of nitrogens with one attached hydrogen (secondary N) is 1. The van der Waals surface area contributed by atoms with Gasteiger partial charge in [-0.3, -0.25) is 0 Å². The monoisotopic (exact) mass is 248 g/mol. The van der Waals surface area contributed by atoms with Crippen LogP contribution in [0.1, 0.15) is 24.6 Å². The summed E-state index contributed by atoms with van der Waals surface area (Å²) < 4.78 is 13.6. The van der Waals surface area contributed by atoms with Crippen LogP contribution in [-0.4, -0.2) is 11.5 Å². The van der Waals surface area contributed by atoms with Gasteiger partial charge in [-0.05, 0) is 31.5 Å². The van der Waals surface area contributed by atoms with Gasteiger partial charge in [0.05, 0.1) is 11.7 Å². The molecule has 1 aromatic carbocycles. The molecule has 1 unspecified atom stereocenters. The van der Waals surface area contributed by atoms with E-state index in [1.165, 1.54) is 23.8 Å². The minimum atomic E-state index is -0.201. The minimum Gasteiger partial charge on any atom is -0.309 e. The third-order valence-electron chi connectivity index (χ3n) is 3.04. The summed E-state index contributed by atoms with van der Waals surface area (Å²) in [6.45, 7) is 1.05. The Morgan fingerprint density at radius 1 is 1.35 bits per heavy atom. The molecule has 0 saturated carbocycles. The van der Waals surface area contributed by atoms with Crippen LogP contribution < -0.4 is 5.32 Å². The predicted molar refractivity (Wildman–Crippen MR) is 67.5 cm³/mol. The lowest BCUT2D eigenvalue weighted by Gasteiger charge is -2.05. The van der Waals surface area contributed by atoms with Crippen LogP contribution in [0.4, 0.5) is 4.39 Å². The van der Waals surface area contributed by atoms with E-state index in [2.05, 4.69) is 10.3 Å². The van der Waals surface area contributed by atoms with Crippen molar-refractivity contribution in [3.63, 3.8) is 0 Å². The topological polar surface area (TPSA) is 24.9 Å². The molecule has 1 aliphatic rings. The second kappa shape index (κ2) is 4.55. The molecule has 1 atom stereocenters. The second-order valence-electron chi connectivity index (χ2n) is 4.21. The number of aromatic nitrogens is 1. The van der Waals surface area contributed by atoms with Crippen molar-refractivity contribution in [1.82, 2.24) is 10.3 Å². The van der Waals surface area contributed by atoms with E-state index in [0.29, 0.717) is 11.6 Å². The van der Waals surface area contributed by atoms with Crippen molar-refractivity contribution in [2.24, 2.45) is 0 Å². The highest BCUT2D eigenvalue weighted by Crippen LogP contribution is 2.30. The smallest absolute Gasteiger partial charge is 0.133 e. The van der Waals surface area contributed by atoms with E-state index in [1.807, 2.05) is 11.4 Å². The summed E-state index contributed by atoms with van der Waals surface area (Å²) in [5.74, 6) is -0.201. The summed E-state index contributed by atoms with van der Waals surface area (Å²) in [5, 5.41) is 6.21. The molecule has 2 heterocycles. The lowest BCUT2D eigenvalue weighted by atomic mass is 10.2. The van der Waals surface area contributed by atoms with Gasteiger partial charge in [0.1, 0.15) is 10.8 Å². The van der Waals surface area contributed by atoms with Gasteiger partial charge < -0.3 is 5.32 Å². The van der Waals surface area contributed by atoms with Crippen molar-refractivity contribution < 1.29 is 4.39 Å². The predicted octanol–water partition coefficient (Wildman–Crippen LogP) is 3.37. The highest BCUT2D eigenvalue weighted by molar-refractivity contribution is 7.13. The van der Waals surface area contributed by atoms with E-state index < -0.39 is 0 Å². The van der Waals surface area contributed by atoms with E-state index in [9.17, 15) is 4.39 Å². The molecule has 0 spiro atoms. The first-order valence-corrected chi connectivity index (χ1v) is 6.66. The van der Waals surface area contributed by atoms with Gasteiger partial charge in [0.15, 0.2) is 0 Å². The van der Waals surface area contributed by atoms with Crippen molar-refractivity contribution >= 4 is 11.3 Å². The number of halogens is 1. The largest absolute Gasteiger partial charge is 0.309 e. The van der Waals surface area contributed by atoms with E-state index in [1.54, 1.807) is 12.1 Å². The summed E-state index contributed by atoms with van der Waals surface area (Å²) in [6.07, 6.45) is 2.32. The first-order valence-electron chi connectivity index (χ1n) is 5.78. The zero-order valence-electron chi connectivity index (χ0n) is 9.32. The van der Waals surface area contributed by atoms with Crippen LogP contribution >= 0.6 is 11.3 Å². The number of nitrogens with zero attached hydrogens (tertiary/aromatic N) is 1. The van der Waals surface area contributed by atoms with Gasteiger partial charge >= 0.3 is 0 Å². The maximum absolute atomic E-state index is 13.6. The van der Waals surface area contributed by atoms with Crippen molar-refractivity contribution in [2.45, 2.75) is 18.9 Å². The molecule has 1 fully saturated rings. The molecule has 1 aromatic heterocycles. The summed E-state index contributed by atoms with van der Waals surface area (Å²) in [7, 11) is 0. The fraction of sp³-hybridized carbons (Fsp3) is 0.308. The Bertz CT molecular complexity index is 518. The second-order valence-corrected chi connectivity index (χ2v) is 5.06. The van der Waals surface area contributed by atoms with Crippen molar-refractivity contribution in [3.8, 4) is 10.6 Å². The van der Waals surface area contributed by atoms with E-state index in [-0.39, 0.29) is 5.82 Å². The summed E-state index contributed by atoms with van der Waals surface area (Å²) in [4.78, 5) is 4.54. The lowest BCUT2D eigenvalue weighted by molar-refractivity contribution is 0.626. The molecule has 88 valence electrons. The Hall–Kier alpha value is -1.26. The Morgan fingerprint density at radius 2 is 2.24 bits per heavy atom. The van der Waals surface area contributed by atoms with Crippen LogP contribution in [0.2, 0.25) is 0 Å². The zero-order valence-corrected chi connectivity index (χ0v) is 10.1. The summed E-state index contributed by atoms with van der Waals surface area (Å²) in [5.41, 5.74) is 1.65.